The van der Waals surface area contributed by atoms with Crippen LogP contribution in [0.5, 0.6) is 5.75 Å². The van der Waals surface area contributed by atoms with E-state index in [4.69, 9.17) is 0 Å². The molecule has 14 heavy (non-hydrogen) atoms. The summed E-state index contributed by atoms with van der Waals surface area (Å²) in [6.45, 7) is 0. The van der Waals surface area contributed by atoms with Crippen molar-refractivity contribution in [2.24, 2.45) is 0 Å². The summed E-state index contributed by atoms with van der Waals surface area (Å²) >= 11 is 0.973. The van der Waals surface area contributed by atoms with Crippen molar-refractivity contribution in [1.82, 2.24) is 0 Å². The first-order valence-corrected chi connectivity index (χ1v) is 6.18. The number of rotatable bonds is 3. The second-order valence-electron chi connectivity index (χ2n) is 2.68. The predicted molar refractivity (Wildman–Crippen MR) is 53.4 cm³/mol. The van der Waals surface area contributed by atoms with Crippen molar-refractivity contribution >= 4 is 31.5 Å². The monoisotopic (exact) mass is 386 g/mol. The van der Waals surface area contributed by atoms with Crippen LogP contribution < -0.4 is 0 Å². The van der Waals surface area contributed by atoms with Gasteiger partial charge in [0.15, 0.2) is 0 Å². The van der Waals surface area contributed by atoms with E-state index >= 15 is 0 Å². The van der Waals surface area contributed by atoms with Crippen molar-refractivity contribution in [1.29, 1.82) is 0 Å². The van der Waals surface area contributed by atoms with Crippen molar-refractivity contribution in [3.8, 4) is 5.75 Å². The number of nitrogens with zero attached hydrogens (tertiary/aromatic N) is 1. The molecular formula is C9H8NO3Pb. The summed E-state index contributed by atoms with van der Waals surface area (Å²) in [5.74, 6) is -0.0148. The molecule has 0 unspecified atom stereocenters. The van der Waals surface area contributed by atoms with E-state index in [1.54, 1.807) is 6.07 Å². The van der Waals surface area contributed by atoms with Crippen LogP contribution in [0.2, 0.25) is 0 Å². The Morgan fingerprint density at radius 1 is 1.57 bits per heavy atom. The molecule has 0 aliphatic heterocycles. The summed E-state index contributed by atoms with van der Waals surface area (Å²) in [5.41, 5.74) is 0.629. The summed E-state index contributed by atoms with van der Waals surface area (Å²) in [4.78, 5) is 9.84. The molecule has 0 fully saturated rings. The summed E-state index contributed by atoms with van der Waals surface area (Å²) in [6, 6.07) is 4.15. The molecule has 0 heterocycles. The molecule has 1 aromatic rings. The van der Waals surface area contributed by atoms with Crippen molar-refractivity contribution < 1.29 is 10.0 Å². The SMILES string of the molecule is O=[N+]([O-])c1ccc(C/C=[CH]/[Pb])c(O)c1. The first kappa shape index (κ1) is 11.2. The van der Waals surface area contributed by atoms with Crippen molar-refractivity contribution in [3.05, 3.63) is 43.6 Å². The number of nitro benzene ring substituents is 1. The number of phenols is 1. The van der Waals surface area contributed by atoms with Crippen molar-refractivity contribution in [2.45, 2.75) is 6.42 Å². The van der Waals surface area contributed by atoms with Crippen molar-refractivity contribution in [2.75, 3.05) is 0 Å². The fraction of sp³-hybridized carbons (Fsp3) is 0.111. The molecule has 1 aromatic carbocycles. The minimum absolute atomic E-state index is 0.0148. The summed E-state index contributed by atoms with van der Waals surface area (Å²) in [7, 11) is 0. The van der Waals surface area contributed by atoms with Crippen LogP contribution in [0.4, 0.5) is 5.69 Å². The molecule has 1 rings (SSSR count). The average Bonchev–Trinajstić information content (AvgIpc) is 2.15. The van der Waals surface area contributed by atoms with Crippen LogP contribution in [0.25, 0.3) is 0 Å². The van der Waals surface area contributed by atoms with Gasteiger partial charge in [0, 0.05) is 0 Å². The number of phenolic OH excluding ortho intramolecular Hbond substituents is 1. The third-order valence-corrected chi connectivity index (χ3v) is 2.65. The Morgan fingerprint density at radius 3 is 2.79 bits per heavy atom. The van der Waals surface area contributed by atoms with Gasteiger partial charge in [0.05, 0.1) is 0 Å². The van der Waals surface area contributed by atoms with Gasteiger partial charge < -0.3 is 0 Å². The molecule has 0 atom stereocenters. The minimum atomic E-state index is -0.522. The Morgan fingerprint density at radius 2 is 2.29 bits per heavy atom. The number of hydrogen-bond acceptors (Lipinski definition) is 3. The molecule has 71 valence electrons. The number of non-ortho nitro benzene ring substituents is 1. The first-order valence-electron chi connectivity index (χ1n) is 3.93. The van der Waals surface area contributed by atoms with Gasteiger partial charge in [0.25, 0.3) is 0 Å². The third-order valence-electron chi connectivity index (χ3n) is 1.74. The molecule has 0 bridgehead atoms. The second kappa shape index (κ2) is 5.09. The van der Waals surface area contributed by atoms with E-state index < -0.39 is 4.92 Å². The molecule has 5 heteroatoms. The Balaban J connectivity index is 2.95. The van der Waals surface area contributed by atoms with Crippen molar-refractivity contribution in [3.63, 3.8) is 0 Å². The fourth-order valence-corrected chi connectivity index (χ4v) is 1.48. The van der Waals surface area contributed by atoms with Crippen LogP contribution in [0.3, 0.4) is 0 Å². The van der Waals surface area contributed by atoms with E-state index in [0.717, 1.165) is 25.8 Å². The van der Waals surface area contributed by atoms with E-state index in [1.165, 1.54) is 12.1 Å². The molecule has 0 aromatic heterocycles. The fourth-order valence-electron chi connectivity index (χ4n) is 1.02. The van der Waals surface area contributed by atoms with Gasteiger partial charge in [-0.05, 0) is 0 Å². The van der Waals surface area contributed by atoms with Gasteiger partial charge in [-0.3, -0.25) is 0 Å². The number of nitro groups is 1. The maximum atomic E-state index is 10.4. The van der Waals surface area contributed by atoms with Gasteiger partial charge in [-0.2, -0.15) is 0 Å². The Bertz CT molecular complexity index is 376. The van der Waals surface area contributed by atoms with Gasteiger partial charge in [-0.15, -0.1) is 0 Å². The average molecular weight is 385 g/mol. The molecule has 1 N–H and O–H groups in total. The molecule has 0 spiro atoms. The van der Waals surface area contributed by atoms with Gasteiger partial charge in [-0.1, -0.05) is 0 Å². The second-order valence-corrected chi connectivity index (χ2v) is 3.97. The normalized spacial score (nSPS) is 10.6. The molecule has 0 amide bonds. The van der Waals surface area contributed by atoms with E-state index in [2.05, 4.69) is 0 Å². The van der Waals surface area contributed by atoms with Crippen LogP contribution in [-0.2, 0) is 6.42 Å². The van der Waals surface area contributed by atoms with Crippen LogP contribution in [-0.4, -0.2) is 35.8 Å². The molecule has 4 nitrogen and oxygen atoms in total. The van der Waals surface area contributed by atoms with Crippen LogP contribution in [0.15, 0.2) is 27.9 Å². The molecule has 0 saturated carbocycles. The number of benzene rings is 1. The quantitative estimate of drug-likeness (QED) is 0.488. The molecule has 0 aliphatic rings. The molecular weight excluding hydrogens is 377 g/mol. The van der Waals surface area contributed by atoms with E-state index in [-0.39, 0.29) is 11.4 Å². The molecule has 0 aliphatic carbocycles. The summed E-state index contributed by atoms with van der Waals surface area (Å²) < 4.78 is 2.00. The third kappa shape index (κ3) is 2.79. The standard InChI is InChI=1S/C9H8NO3.Pb/c1-2-3-7-4-5-8(10(12)13)6-9(7)11;/h1-2,4-6,11H,3H2;. The topological polar surface area (TPSA) is 63.4 Å². The van der Waals surface area contributed by atoms with E-state index in [1.807, 2.05) is 9.71 Å². The van der Waals surface area contributed by atoms with Crippen LogP contribution >= 0.6 is 0 Å². The van der Waals surface area contributed by atoms with Gasteiger partial charge in [0.2, 0.25) is 0 Å². The number of aromatic hydroxyl groups is 1. The molecule has 3 radical (unpaired) electrons. The Hall–Kier alpha value is -0.918. The van der Waals surface area contributed by atoms with Gasteiger partial charge >= 0.3 is 97.2 Å². The van der Waals surface area contributed by atoms with Gasteiger partial charge in [-0.25, -0.2) is 0 Å². The Kier molecular flexibility index (Phi) is 4.05. The van der Waals surface area contributed by atoms with E-state index in [9.17, 15) is 15.2 Å². The van der Waals surface area contributed by atoms with Crippen LogP contribution in [0, 0.1) is 10.1 Å². The first-order chi connectivity index (χ1) is 6.65. The molecule has 0 saturated heterocycles. The number of allylic oxidation sites excluding steroid dienone is 1. The number of hydrogen-bond donors (Lipinski definition) is 1. The zero-order chi connectivity index (χ0) is 10.6. The predicted octanol–water partition coefficient (Wildman–Crippen LogP) is 1.53. The maximum absolute atomic E-state index is 10.4. The summed E-state index contributed by atoms with van der Waals surface area (Å²) in [6.07, 6.45) is 2.56. The zero-order valence-electron chi connectivity index (χ0n) is 7.30. The Labute approximate surface area is 97.1 Å². The zero-order valence-corrected chi connectivity index (χ0v) is 11.2. The van der Waals surface area contributed by atoms with E-state index in [0.29, 0.717) is 12.0 Å². The van der Waals surface area contributed by atoms with Crippen LogP contribution in [0.1, 0.15) is 5.56 Å². The van der Waals surface area contributed by atoms with Gasteiger partial charge in [0.1, 0.15) is 0 Å². The summed E-state index contributed by atoms with van der Waals surface area (Å²) in [5, 5.41) is 19.8.